The van der Waals surface area contributed by atoms with E-state index < -0.39 is 78.6 Å². The second-order valence-electron chi connectivity index (χ2n) is 15.9. The zero-order valence-corrected chi connectivity index (χ0v) is 42.7. The Balaban J connectivity index is 0.0000145. The molecule has 2 aromatic heterocycles. The standard InChI is InChI=1S/C36H64N7O17P3S.Na/c1-4-5-6-7-8-9-10-11-12-13-14-15-25(44)21-64-19-18-38-27(45)16-17-39-34(48)31(47)36(2,3)22-57-63(54,55)60-62(52,53)56-20-26-30(59-61(49,50)51)29(46)35(58-26)43-24-42-28-32(37)40-23-41-33(28)43;/h23-24,26,29-31,35,46-47H,4-22H2,1-3H3,(H,38,45)(H,39,48)(H,52,53)(H,54,55)(H2,37,40,41)(H2,49,50,51);/q;+1/p-1/t26?,29?,30?,31-,35?;/m1./s1. The van der Waals surface area contributed by atoms with Crippen molar-refractivity contribution in [1.29, 1.82) is 0 Å². The number of anilines is 1. The van der Waals surface area contributed by atoms with Gasteiger partial charge in [0.15, 0.2) is 17.7 Å². The largest absolute Gasteiger partial charge is 1.00 e. The Hall–Kier alpha value is -1.44. The molecule has 2 amide bonds. The fourth-order valence-corrected chi connectivity index (χ4v) is 10.0. The van der Waals surface area contributed by atoms with Gasteiger partial charge in [-0.2, -0.15) is 16.1 Å². The van der Waals surface area contributed by atoms with Gasteiger partial charge in [0.2, 0.25) is 11.8 Å². The van der Waals surface area contributed by atoms with Crippen LogP contribution in [0.2, 0.25) is 0 Å². The third-order valence-corrected chi connectivity index (χ3v) is 14.1. The van der Waals surface area contributed by atoms with Crippen molar-refractivity contribution in [2.24, 2.45) is 5.41 Å². The molecule has 65 heavy (non-hydrogen) atoms. The molecule has 9 N–H and O–H groups in total. The third-order valence-electron chi connectivity index (χ3n) is 9.96. The Morgan fingerprint density at radius 1 is 0.938 bits per heavy atom. The number of nitrogens with one attached hydrogen (secondary N) is 2. The van der Waals surface area contributed by atoms with Gasteiger partial charge in [-0.15, -0.1) is 0 Å². The topological polar surface area (TPSA) is 366 Å². The van der Waals surface area contributed by atoms with Gasteiger partial charge in [-0.25, -0.2) is 24.1 Å². The first-order chi connectivity index (χ1) is 30.1. The summed E-state index contributed by atoms with van der Waals surface area (Å²) in [5, 5.41) is 26.6. The minimum absolute atomic E-state index is 0. The van der Waals surface area contributed by atoms with Crippen LogP contribution < -0.4 is 50.8 Å². The van der Waals surface area contributed by atoms with E-state index in [1.54, 1.807) is 0 Å². The van der Waals surface area contributed by atoms with E-state index in [0.717, 1.165) is 36.5 Å². The van der Waals surface area contributed by atoms with Crippen molar-refractivity contribution in [2.75, 3.05) is 43.5 Å². The van der Waals surface area contributed by atoms with Gasteiger partial charge < -0.3 is 55.4 Å². The predicted molar refractivity (Wildman–Crippen MR) is 231 cm³/mol. The first kappa shape index (κ1) is 59.7. The molecule has 0 aliphatic carbocycles. The number of aromatic nitrogens is 4. The number of aliphatic hydroxyl groups is 2. The first-order valence-corrected chi connectivity index (χ1v) is 26.7. The van der Waals surface area contributed by atoms with Crippen molar-refractivity contribution in [2.45, 2.75) is 135 Å². The van der Waals surface area contributed by atoms with Gasteiger partial charge in [-0.1, -0.05) is 85.0 Å². The van der Waals surface area contributed by atoms with Gasteiger partial charge in [0.05, 0.1) is 25.3 Å². The molecule has 7 unspecified atom stereocenters. The second kappa shape index (κ2) is 28.9. The van der Waals surface area contributed by atoms with Crippen molar-refractivity contribution >= 4 is 69.8 Å². The van der Waals surface area contributed by atoms with Gasteiger partial charge in [0.25, 0.3) is 7.82 Å². The quantitative estimate of drug-likeness (QED) is 0.0260. The molecular weight excluding hydrogens is 950 g/mol. The number of rotatable bonds is 33. The van der Waals surface area contributed by atoms with Crippen LogP contribution in [-0.2, 0) is 50.7 Å². The van der Waals surface area contributed by atoms with Crippen molar-refractivity contribution in [3.05, 3.63) is 12.7 Å². The number of hydrogen-bond acceptors (Lipinski definition) is 19. The van der Waals surface area contributed by atoms with Gasteiger partial charge in [0, 0.05) is 37.1 Å². The Morgan fingerprint density at radius 3 is 2.18 bits per heavy atom. The molecule has 3 heterocycles. The summed E-state index contributed by atoms with van der Waals surface area (Å²) in [4.78, 5) is 90.2. The number of ether oxygens (including phenoxy) is 1. The summed E-state index contributed by atoms with van der Waals surface area (Å²) in [6.45, 7) is 2.84. The van der Waals surface area contributed by atoms with E-state index >= 15 is 0 Å². The number of fused-ring (bicyclic) bond motifs is 1. The van der Waals surface area contributed by atoms with Crippen LogP contribution in [0.1, 0.15) is 110 Å². The molecule has 29 heteroatoms. The molecule has 2 aromatic rings. The summed E-state index contributed by atoms with van der Waals surface area (Å²) in [6, 6.07) is 0. The monoisotopic (exact) mass is 1010 g/mol. The number of carbonyl (C=O) groups is 3. The fourth-order valence-electron chi connectivity index (χ4n) is 6.44. The molecule has 0 saturated carbocycles. The molecule has 366 valence electrons. The first-order valence-electron chi connectivity index (χ1n) is 21.0. The minimum atomic E-state index is -5.59. The molecule has 24 nitrogen and oxygen atoms in total. The van der Waals surface area contributed by atoms with Crippen LogP contribution in [0.3, 0.4) is 0 Å². The van der Waals surface area contributed by atoms with Crippen molar-refractivity contribution < 1.29 is 110 Å². The molecule has 0 spiro atoms. The van der Waals surface area contributed by atoms with Crippen LogP contribution in [0, 0.1) is 5.41 Å². The SMILES string of the molecule is CCCCCCCCCCCCCC(=O)CSCCNC(=O)CCNC(=O)[C@@H](O)C(C)(C)COP(=O)(O)OP(=O)(O)OCC1OC(n2cnc3c(N)ncnc32)C(O)C1OP(=O)([O-])O.[Na+]. The molecule has 0 radical (unpaired) electrons. The maximum atomic E-state index is 12.7. The van der Waals surface area contributed by atoms with Crippen LogP contribution >= 0.6 is 35.2 Å². The molecule has 1 saturated heterocycles. The molecule has 0 bridgehead atoms. The normalized spacial score (nSPS) is 20.9. The maximum Gasteiger partial charge on any atom is 1.00 e. The summed E-state index contributed by atoms with van der Waals surface area (Å²) in [7, 11) is -16.7. The number of nitrogen functional groups attached to an aromatic ring is 1. The summed E-state index contributed by atoms with van der Waals surface area (Å²) >= 11 is 1.43. The van der Waals surface area contributed by atoms with Crippen LogP contribution in [0.4, 0.5) is 5.82 Å². The number of nitrogens with zero attached hydrogens (tertiary/aromatic N) is 4. The number of Topliss-reactive ketones (excluding diaryl/α,β-unsaturated/α-hetero) is 1. The Kier molecular flexibility index (Phi) is 26.5. The Morgan fingerprint density at radius 2 is 1.55 bits per heavy atom. The number of phosphoric acid groups is 3. The number of imidazole rings is 1. The molecule has 1 aliphatic heterocycles. The van der Waals surface area contributed by atoms with E-state index in [2.05, 4.69) is 41.3 Å². The number of amides is 2. The van der Waals surface area contributed by atoms with E-state index in [0.29, 0.717) is 24.5 Å². The van der Waals surface area contributed by atoms with Crippen LogP contribution in [0.5, 0.6) is 0 Å². The number of nitrogens with two attached hydrogens (primary N) is 1. The summed E-state index contributed by atoms with van der Waals surface area (Å²) in [5.41, 5.74) is 4.25. The number of ketones is 1. The Labute approximate surface area is 404 Å². The summed E-state index contributed by atoms with van der Waals surface area (Å²) in [5.74, 6) is -0.326. The van der Waals surface area contributed by atoms with E-state index in [1.807, 2.05) is 0 Å². The zero-order chi connectivity index (χ0) is 47.6. The number of phosphoric ester groups is 3. The van der Waals surface area contributed by atoms with E-state index in [9.17, 15) is 57.9 Å². The number of thioether (sulfide) groups is 1. The van der Waals surface area contributed by atoms with E-state index in [4.69, 9.17) is 19.5 Å². The van der Waals surface area contributed by atoms with Gasteiger partial charge >= 0.3 is 45.2 Å². The van der Waals surface area contributed by atoms with Crippen LogP contribution in [-0.4, -0.2) is 124 Å². The molecule has 8 atom stereocenters. The van der Waals surface area contributed by atoms with Crippen molar-refractivity contribution in [1.82, 2.24) is 30.2 Å². The number of aliphatic hydroxyl groups excluding tert-OH is 2. The van der Waals surface area contributed by atoms with E-state index in [1.165, 1.54) is 77.0 Å². The predicted octanol–water partition coefficient (Wildman–Crippen LogP) is -0.220. The van der Waals surface area contributed by atoms with Crippen molar-refractivity contribution in [3.8, 4) is 0 Å². The average molecular weight is 1010 g/mol. The second-order valence-corrected chi connectivity index (χ2v) is 21.2. The molecule has 1 aliphatic rings. The number of carbonyl (C=O) groups excluding carboxylic acids is 3. The smallest absolute Gasteiger partial charge is 0.756 e. The van der Waals surface area contributed by atoms with Gasteiger partial charge in [-0.05, 0) is 6.42 Å². The fraction of sp³-hybridized carbons (Fsp3) is 0.778. The van der Waals surface area contributed by atoms with Crippen LogP contribution in [0.15, 0.2) is 12.7 Å². The third kappa shape index (κ3) is 21.8. The minimum Gasteiger partial charge on any atom is -0.756 e. The van der Waals surface area contributed by atoms with Gasteiger partial charge in [-0.3, -0.25) is 32.6 Å². The molecular formula is C36H63N7NaO17P3S. The number of unbranched alkanes of at least 4 members (excludes halogenated alkanes) is 10. The molecule has 0 aromatic carbocycles. The zero-order valence-electron chi connectivity index (χ0n) is 37.2. The molecule has 1 fully saturated rings. The summed E-state index contributed by atoms with van der Waals surface area (Å²) in [6.07, 6.45) is 6.84. The van der Waals surface area contributed by atoms with E-state index in [-0.39, 0.29) is 71.2 Å². The van der Waals surface area contributed by atoms with Gasteiger partial charge in [0.1, 0.15) is 42.0 Å². The van der Waals surface area contributed by atoms with Crippen LogP contribution in [0.25, 0.3) is 11.2 Å². The maximum absolute atomic E-state index is 12.7. The Bertz CT molecular complexity index is 1950. The average Bonchev–Trinajstić information content (AvgIpc) is 3.77. The number of hydrogen-bond donors (Lipinski definition) is 8. The summed E-state index contributed by atoms with van der Waals surface area (Å²) < 4.78 is 62.0. The molecule has 3 rings (SSSR count). The van der Waals surface area contributed by atoms with Crippen molar-refractivity contribution in [3.63, 3.8) is 0 Å².